The number of aryl methyl sites for hydroxylation is 1. The summed E-state index contributed by atoms with van der Waals surface area (Å²) in [6, 6.07) is 0.522. The first-order valence-electron chi connectivity index (χ1n) is 11.7. The minimum absolute atomic E-state index is 0. The SMILES string of the molecule is CCOC(CCNC(=NCc1nnc(C)n1C)NC1CCCCC1)C1CCCC1.I. The molecule has 1 unspecified atom stereocenters. The second kappa shape index (κ2) is 13.5. The molecule has 0 aromatic carbocycles. The number of hydrogen-bond donors (Lipinski definition) is 2. The molecule has 0 aliphatic heterocycles. The number of rotatable bonds is 9. The van der Waals surface area contributed by atoms with Crippen LogP contribution >= 0.6 is 24.0 Å². The molecule has 0 radical (unpaired) electrons. The van der Waals surface area contributed by atoms with Crippen molar-refractivity contribution in [1.82, 2.24) is 25.4 Å². The van der Waals surface area contributed by atoms with Crippen molar-refractivity contribution < 1.29 is 4.74 Å². The maximum Gasteiger partial charge on any atom is 0.191 e. The highest BCUT2D eigenvalue weighted by Crippen LogP contribution is 2.30. The van der Waals surface area contributed by atoms with E-state index in [1.54, 1.807) is 0 Å². The lowest BCUT2D eigenvalue weighted by Gasteiger charge is -2.26. The Morgan fingerprint density at radius 2 is 1.83 bits per heavy atom. The second-order valence-electron chi connectivity index (χ2n) is 8.62. The molecule has 1 atom stereocenters. The fraction of sp³-hybridized carbons (Fsp3) is 0.864. The van der Waals surface area contributed by atoms with Gasteiger partial charge < -0.3 is 19.9 Å². The van der Waals surface area contributed by atoms with Crippen molar-refractivity contribution >= 4 is 29.9 Å². The molecule has 1 aromatic heterocycles. The minimum atomic E-state index is 0. The third-order valence-corrected chi connectivity index (χ3v) is 6.53. The Morgan fingerprint density at radius 1 is 1.13 bits per heavy atom. The summed E-state index contributed by atoms with van der Waals surface area (Å²) in [5.41, 5.74) is 0. The van der Waals surface area contributed by atoms with E-state index < -0.39 is 0 Å². The molecule has 2 aliphatic carbocycles. The van der Waals surface area contributed by atoms with E-state index in [0.29, 0.717) is 18.7 Å². The van der Waals surface area contributed by atoms with Crippen LogP contribution in [0.15, 0.2) is 4.99 Å². The molecule has 0 saturated heterocycles. The summed E-state index contributed by atoms with van der Waals surface area (Å²) in [5, 5.41) is 15.6. The van der Waals surface area contributed by atoms with E-state index in [1.807, 2.05) is 18.5 Å². The first-order valence-corrected chi connectivity index (χ1v) is 11.7. The van der Waals surface area contributed by atoms with Crippen LogP contribution in [0, 0.1) is 12.8 Å². The smallest absolute Gasteiger partial charge is 0.191 e. The van der Waals surface area contributed by atoms with E-state index in [2.05, 4.69) is 27.8 Å². The van der Waals surface area contributed by atoms with Crippen molar-refractivity contribution in [3.63, 3.8) is 0 Å². The molecule has 0 amide bonds. The number of nitrogens with one attached hydrogen (secondary N) is 2. The van der Waals surface area contributed by atoms with Gasteiger partial charge in [-0.15, -0.1) is 34.2 Å². The first-order chi connectivity index (χ1) is 14.2. The Balaban J connectivity index is 0.00000320. The monoisotopic (exact) mass is 532 g/mol. The molecule has 2 saturated carbocycles. The summed E-state index contributed by atoms with van der Waals surface area (Å²) in [5.74, 6) is 3.44. The fourth-order valence-corrected chi connectivity index (χ4v) is 4.66. The molecule has 2 fully saturated rings. The van der Waals surface area contributed by atoms with Crippen LogP contribution in [0.4, 0.5) is 0 Å². The largest absolute Gasteiger partial charge is 0.378 e. The van der Waals surface area contributed by atoms with E-state index in [4.69, 9.17) is 9.73 Å². The third-order valence-electron chi connectivity index (χ3n) is 6.53. The van der Waals surface area contributed by atoms with Gasteiger partial charge >= 0.3 is 0 Å². The zero-order chi connectivity index (χ0) is 20.5. The standard InChI is InChI=1S/C22H40N6O.HI/c1-4-29-20(18-10-8-9-11-18)14-15-23-22(25-19-12-6-5-7-13-19)24-16-21-27-26-17(2)28(21)3;/h18-20H,4-16H2,1-3H3,(H2,23,24,25);1H. The quantitative estimate of drug-likeness (QED) is 0.285. The van der Waals surface area contributed by atoms with Crippen molar-refractivity contribution in [2.45, 2.75) is 96.7 Å². The minimum Gasteiger partial charge on any atom is -0.378 e. The van der Waals surface area contributed by atoms with E-state index in [9.17, 15) is 0 Å². The highest BCUT2D eigenvalue weighted by atomic mass is 127. The van der Waals surface area contributed by atoms with Gasteiger partial charge in [-0.1, -0.05) is 32.1 Å². The summed E-state index contributed by atoms with van der Waals surface area (Å²) >= 11 is 0. The van der Waals surface area contributed by atoms with E-state index in [0.717, 1.165) is 43.1 Å². The average molecular weight is 533 g/mol. The maximum absolute atomic E-state index is 6.08. The Hall–Kier alpha value is -0.900. The lowest BCUT2D eigenvalue weighted by molar-refractivity contribution is 0.0169. The normalized spacial score (nSPS) is 19.5. The van der Waals surface area contributed by atoms with Gasteiger partial charge in [-0.25, -0.2) is 4.99 Å². The molecule has 0 spiro atoms. The number of nitrogens with zero attached hydrogens (tertiary/aromatic N) is 4. The summed E-state index contributed by atoms with van der Waals surface area (Å²) in [7, 11) is 2.00. The van der Waals surface area contributed by atoms with Crippen LogP contribution in [-0.4, -0.2) is 46.0 Å². The molecule has 8 heteroatoms. The van der Waals surface area contributed by atoms with Crippen LogP contribution in [0.25, 0.3) is 0 Å². The fourth-order valence-electron chi connectivity index (χ4n) is 4.66. The van der Waals surface area contributed by atoms with Gasteiger partial charge in [-0.05, 0) is 51.9 Å². The van der Waals surface area contributed by atoms with Gasteiger partial charge in [-0.3, -0.25) is 0 Å². The number of halogens is 1. The van der Waals surface area contributed by atoms with Gasteiger partial charge in [0.25, 0.3) is 0 Å². The Labute approximate surface area is 199 Å². The van der Waals surface area contributed by atoms with Crippen molar-refractivity contribution in [2.24, 2.45) is 18.0 Å². The van der Waals surface area contributed by atoms with Crippen LogP contribution < -0.4 is 10.6 Å². The van der Waals surface area contributed by atoms with Gasteiger partial charge in [0.2, 0.25) is 0 Å². The number of aromatic nitrogens is 3. The molecule has 2 N–H and O–H groups in total. The Morgan fingerprint density at radius 3 is 2.47 bits per heavy atom. The summed E-state index contributed by atoms with van der Waals surface area (Å²) < 4.78 is 8.09. The van der Waals surface area contributed by atoms with Crippen LogP contribution in [0.5, 0.6) is 0 Å². The zero-order valence-electron chi connectivity index (χ0n) is 19.0. The number of guanidine groups is 1. The lowest BCUT2D eigenvalue weighted by Crippen LogP contribution is -2.45. The van der Waals surface area contributed by atoms with E-state index in [1.165, 1.54) is 57.8 Å². The zero-order valence-corrected chi connectivity index (χ0v) is 21.4. The van der Waals surface area contributed by atoms with E-state index in [-0.39, 0.29) is 24.0 Å². The van der Waals surface area contributed by atoms with Crippen LogP contribution in [-0.2, 0) is 18.3 Å². The first kappa shape index (κ1) is 25.4. The molecule has 7 nitrogen and oxygen atoms in total. The van der Waals surface area contributed by atoms with Gasteiger partial charge in [-0.2, -0.15) is 0 Å². The Bertz CT molecular complexity index is 638. The van der Waals surface area contributed by atoms with Crippen molar-refractivity contribution in [3.8, 4) is 0 Å². The van der Waals surface area contributed by atoms with Gasteiger partial charge in [0.1, 0.15) is 12.4 Å². The molecular formula is C22H41IN6O. The highest BCUT2D eigenvalue weighted by Gasteiger charge is 2.25. The summed E-state index contributed by atoms with van der Waals surface area (Å²) in [6.07, 6.45) is 13.2. The second-order valence-corrected chi connectivity index (χ2v) is 8.62. The van der Waals surface area contributed by atoms with Crippen molar-refractivity contribution in [1.29, 1.82) is 0 Å². The van der Waals surface area contributed by atoms with Crippen molar-refractivity contribution in [2.75, 3.05) is 13.2 Å². The Kier molecular flexibility index (Phi) is 11.4. The summed E-state index contributed by atoms with van der Waals surface area (Å²) in [4.78, 5) is 4.83. The van der Waals surface area contributed by atoms with Gasteiger partial charge in [0, 0.05) is 26.2 Å². The van der Waals surface area contributed by atoms with Crippen LogP contribution in [0.3, 0.4) is 0 Å². The number of hydrogen-bond acceptors (Lipinski definition) is 4. The highest BCUT2D eigenvalue weighted by molar-refractivity contribution is 14.0. The third kappa shape index (κ3) is 7.66. The molecule has 2 aliphatic rings. The molecule has 1 aromatic rings. The summed E-state index contributed by atoms with van der Waals surface area (Å²) in [6.45, 7) is 6.30. The predicted octanol–water partition coefficient (Wildman–Crippen LogP) is 4.09. The number of ether oxygens (including phenoxy) is 1. The molecule has 1 heterocycles. The van der Waals surface area contributed by atoms with Gasteiger partial charge in [0.15, 0.2) is 11.8 Å². The molecule has 0 bridgehead atoms. The molecule has 3 rings (SSSR count). The van der Waals surface area contributed by atoms with Gasteiger partial charge in [0.05, 0.1) is 6.10 Å². The molecule has 30 heavy (non-hydrogen) atoms. The van der Waals surface area contributed by atoms with E-state index >= 15 is 0 Å². The topological polar surface area (TPSA) is 76.4 Å². The maximum atomic E-state index is 6.08. The molecular weight excluding hydrogens is 491 g/mol. The predicted molar refractivity (Wildman–Crippen MR) is 132 cm³/mol. The van der Waals surface area contributed by atoms with Crippen LogP contribution in [0.1, 0.15) is 82.8 Å². The molecule has 172 valence electrons. The average Bonchev–Trinajstić information content (AvgIpc) is 3.37. The van der Waals surface area contributed by atoms with Crippen LogP contribution in [0.2, 0.25) is 0 Å². The lowest BCUT2D eigenvalue weighted by atomic mass is 9.96. The number of aliphatic imine (C=N–C) groups is 1. The van der Waals surface area contributed by atoms with Crippen molar-refractivity contribution in [3.05, 3.63) is 11.6 Å².